The fourth-order valence-electron chi connectivity index (χ4n) is 7.55. The summed E-state index contributed by atoms with van der Waals surface area (Å²) in [7, 11) is -20.0. The van der Waals surface area contributed by atoms with Gasteiger partial charge < -0.3 is 28.1 Å². The van der Waals surface area contributed by atoms with Crippen molar-refractivity contribution >= 4 is 85.0 Å². The molecule has 0 saturated heterocycles. The SMILES string of the molecule is CCN(CC)c1ccc2c(-c3ccc(S(=O)(=O)[O-])cc3S(=O)(=O)[O-])c3ccc(=[N+](CC)CC)cc-3oc2c1.Cc1ccc(N=Nc2c(S(=O)(=O)[O-])cc3cc(S(=O)(=O)O)ccc3c2O)c([N+](=O)[O-])c1. The first-order valence-electron chi connectivity index (χ1n) is 20.5. The van der Waals surface area contributed by atoms with E-state index in [4.69, 9.17) is 8.97 Å². The molecule has 0 saturated carbocycles. The number of aryl methyl sites for hydroxylation is 1. The van der Waals surface area contributed by atoms with E-state index in [9.17, 15) is 62.6 Å². The maximum absolute atomic E-state index is 12.3. The molecule has 21 nitrogen and oxygen atoms in total. The molecular weight excluding hydrogens is 983 g/mol. The molecule has 69 heavy (non-hydrogen) atoms. The number of phenolic OH excluding ortho intramolecular Hbond substituents is 1. The summed E-state index contributed by atoms with van der Waals surface area (Å²) in [5.74, 6) is -0.365. The Hall–Kier alpha value is -6.71. The summed E-state index contributed by atoms with van der Waals surface area (Å²) >= 11 is 0. The van der Waals surface area contributed by atoms with Crippen molar-refractivity contribution in [2.24, 2.45) is 10.2 Å². The van der Waals surface area contributed by atoms with Crippen LogP contribution in [-0.4, -0.2) is 88.1 Å². The van der Waals surface area contributed by atoms with E-state index in [1.165, 1.54) is 24.3 Å². The molecule has 0 aromatic heterocycles. The third-order valence-corrected chi connectivity index (χ3v) is 14.3. The summed E-state index contributed by atoms with van der Waals surface area (Å²) in [6.07, 6.45) is 0. The third kappa shape index (κ3) is 11.1. The van der Waals surface area contributed by atoms with Crippen molar-refractivity contribution in [1.29, 1.82) is 0 Å². The average Bonchev–Trinajstić information content (AvgIpc) is 3.27. The maximum Gasteiger partial charge on any atom is 0.296 e. The smallest absolute Gasteiger partial charge is 0.296 e. The second-order valence-electron chi connectivity index (χ2n) is 15.1. The van der Waals surface area contributed by atoms with Crippen LogP contribution in [0.5, 0.6) is 5.75 Å². The molecule has 2 aliphatic rings. The second kappa shape index (κ2) is 19.7. The van der Waals surface area contributed by atoms with Crippen molar-refractivity contribution in [3.05, 3.63) is 118 Å². The predicted octanol–water partition coefficient (Wildman–Crippen LogP) is 7.00. The maximum atomic E-state index is 12.3. The van der Waals surface area contributed by atoms with Gasteiger partial charge in [0.2, 0.25) is 5.36 Å². The first-order valence-corrected chi connectivity index (χ1v) is 26.2. The summed E-state index contributed by atoms with van der Waals surface area (Å²) in [5.41, 5.74) is 1.36. The van der Waals surface area contributed by atoms with Gasteiger partial charge in [-0.1, -0.05) is 12.1 Å². The van der Waals surface area contributed by atoms with Crippen LogP contribution in [0.3, 0.4) is 0 Å². The summed E-state index contributed by atoms with van der Waals surface area (Å²) in [5, 5.41) is 30.0. The van der Waals surface area contributed by atoms with Crippen LogP contribution in [0.4, 0.5) is 22.7 Å². The molecule has 25 heteroatoms. The van der Waals surface area contributed by atoms with Crippen LogP contribution in [0.25, 0.3) is 44.2 Å². The Labute approximate surface area is 395 Å². The third-order valence-electron chi connectivity index (χ3n) is 10.9. The molecule has 1 heterocycles. The van der Waals surface area contributed by atoms with Crippen molar-refractivity contribution in [1.82, 2.24) is 4.58 Å². The number of anilines is 1. The lowest BCUT2D eigenvalue weighted by Crippen LogP contribution is -2.29. The lowest BCUT2D eigenvalue weighted by molar-refractivity contribution is -0.384. The molecule has 0 radical (unpaired) electrons. The highest BCUT2D eigenvalue weighted by atomic mass is 32.2. The minimum absolute atomic E-state index is 0.00983. The molecule has 2 N–H and O–H groups in total. The van der Waals surface area contributed by atoms with Gasteiger partial charge in [0.25, 0.3) is 15.8 Å². The molecule has 364 valence electrons. The molecule has 7 rings (SSSR count). The zero-order valence-corrected chi connectivity index (χ0v) is 40.3. The van der Waals surface area contributed by atoms with Crippen molar-refractivity contribution in [3.63, 3.8) is 0 Å². The molecule has 0 amide bonds. The van der Waals surface area contributed by atoms with Gasteiger partial charge in [-0.2, -0.15) is 8.42 Å². The van der Waals surface area contributed by atoms with Crippen LogP contribution >= 0.6 is 0 Å². The zero-order chi connectivity index (χ0) is 51.0. The van der Waals surface area contributed by atoms with E-state index in [-0.39, 0.29) is 22.0 Å². The van der Waals surface area contributed by atoms with Crippen LogP contribution in [0, 0.1) is 17.0 Å². The van der Waals surface area contributed by atoms with Crippen LogP contribution in [0.15, 0.2) is 131 Å². The van der Waals surface area contributed by atoms with Crippen LogP contribution in [0.2, 0.25) is 0 Å². The monoisotopic (exact) mass is 1020 g/mol. The highest BCUT2D eigenvalue weighted by Crippen LogP contribution is 2.45. The number of rotatable bonds is 13. The number of hydrogen-bond acceptors (Lipinski definition) is 18. The van der Waals surface area contributed by atoms with Gasteiger partial charge in [0, 0.05) is 64.4 Å². The number of nitro benzene ring substituents is 1. The van der Waals surface area contributed by atoms with E-state index >= 15 is 0 Å². The molecule has 0 bridgehead atoms. The summed E-state index contributed by atoms with van der Waals surface area (Å²) < 4.78 is 147. The summed E-state index contributed by atoms with van der Waals surface area (Å²) in [6, 6.07) is 21.5. The Morgan fingerprint density at radius 3 is 1.87 bits per heavy atom. The Balaban J connectivity index is 0.000000232. The van der Waals surface area contributed by atoms with E-state index in [2.05, 4.69) is 19.7 Å². The van der Waals surface area contributed by atoms with Crippen LogP contribution in [-0.2, 0) is 40.5 Å². The zero-order valence-electron chi connectivity index (χ0n) is 37.0. The van der Waals surface area contributed by atoms with E-state index in [1.807, 2.05) is 52.0 Å². The largest absolute Gasteiger partial charge is 0.744 e. The van der Waals surface area contributed by atoms with Gasteiger partial charge in [-0.05, 0) is 106 Å². The van der Waals surface area contributed by atoms with Crippen molar-refractivity contribution < 1.29 is 66.3 Å². The Kier molecular flexibility index (Phi) is 14.8. The quantitative estimate of drug-likeness (QED) is 0.0293. The second-order valence-corrected chi connectivity index (χ2v) is 20.6. The molecule has 5 aromatic carbocycles. The first kappa shape index (κ1) is 51.7. The number of fused-ring (bicyclic) bond motifs is 3. The van der Waals surface area contributed by atoms with Crippen LogP contribution in [0.1, 0.15) is 33.3 Å². The minimum Gasteiger partial charge on any atom is -0.744 e. The molecule has 0 spiro atoms. The lowest BCUT2D eigenvalue weighted by Gasteiger charge is -2.23. The number of aromatic hydroxyl groups is 1. The number of azo groups is 1. The molecule has 1 aliphatic carbocycles. The Morgan fingerprint density at radius 1 is 0.667 bits per heavy atom. The number of nitrogens with zero attached hydrogens (tertiary/aromatic N) is 5. The van der Waals surface area contributed by atoms with Crippen molar-refractivity contribution in [2.45, 2.75) is 54.2 Å². The molecule has 1 aliphatic heterocycles. The number of hydrogen-bond donors (Lipinski definition) is 2. The standard InChI is InChI=1S/C27H30N2O7S2.C17H13N3O9S2/c1-5-28(6-2)18-9-12-21-24(15-18)36-25-16-19(29(7-3)8-4)10-13-22(25)27(21)23-14-11-20(37(30,31)32)17-26(23)38(33,34)35;1-9-2-5-13(14(6-9)20(22)23)18-19-16-15(31(27,28)29)8-10-7-11(30(24,25)26)3-4-12(10)17(16)21/h9-17H,5-8H2,1-4H3,(H-,30,31,32,33,34,35);2-8,21H,1H3,(H,24,25,26)(H,27,28,29)/p-2. The van der Waals surface area contributed by atoms with E-state index in [1.54, 1.807) is 19.1 Å². The van der Waals surface area contributed by atoms with Gasteiger partial charge in [0.1, 0.15) is 60.5 Å². The van der Waals surface area contributed by atoms with E-state index in [0.717, 1.165) is 67.6 Å². The molecule has 5 aromatic rings. The van der Waals surface area contributed by atoms with Crippen molar-refractivity contribution in [2.75, 3.05) is 31.1 Å². The highest BCUT2D eigenvalue weighted by Gasteiger charge is 2.25. The first-order chi connectivity index (χ1) is 32.2. The topological polar surface area (TPSA) is 333 Å². The van der Waals surface area contributed by atoms with Crippen LogP contribution < -0.4 is 14.8 Å². The average molecular weight is 1020 g/mol. The normalized spacial score (nSPS) is 12.4. The lowest BCUT2D eigenvalue weighted by atomic mass is 9.93. The molecular formula is C44H41N5O16S4-2. The van der Waals surface area contributed by atoms with Gasteiger partial charge in [-0.3, -0.25) is 14.7 Å². The van der Waals surface area contributed by atoms with E-state index in [0.29, 0.717) is 39.5 Å². The minimum atomic E-state index is -5.24. The highest BCUT2D eigenvalue weighted by molar-refractivity contribution is 7.87. The fourth-order valence-corrected chi connectivity index (χ4v) is 9.99. The summed E-state index contributed by atoms with van der Waals surface area (Å²) in [4.78, 5) is 9.39. The van der Waals surface area contributed by atoms with E-state index < -0.39 is 82.1 Å². The van der Waals surface area contributed by atoms with Gasteiger partial charge in [0.15, 0.2) is 11.4 Å². The molecule has 0 fully saturated rings. The van der Waals surface area contributed by atoms with Gasteiger partial charge in [0.05, 0.1) is 30.6 Å². The van der Waals surface area contributed by atoms with Gasteiger partial charge in [-0.25, -0.2) is 29.8 Å². The van der Waals surface area contributed by atoms with Gasteiger partial charge in [-0.15, -0.1) is 10.2 Å². The number of phenols is 1. The van der Waals surface area contributed by atoms with Crippen molar-refractivity contribution in [3.8, 4) is 28.2 Å². The number of benzene rings is 6. The fraction of sp³-hybridized carbons (Fsp3) is 0.205. The predicted molar refractivity (Wildman–Crippen MR) is 250 cm³/mol. The molecule has 0 unspecified atom stereocenters. The Bertz CT molecular complexity index is 3740. The summed E-state index contributed by atoms with van der Waals surface area (Å²) in [6.45, 7) is 12.8. The number of nitro groups is 1. The molecule has 0 atom stereocenters. The Morgan fingerprint density at radius 2 is 1.29 bits per heavy atom. The van der Waals surface area contributed by atoms with Gasteiger partial charge >= 0.3 is 0 Å².